The molecule has 6 heteroatoms. The minimum atomic E-state index is -3.27. The molecule has 1 fully saturated rings. The van der Waals surface area contributed by atoms with E-state index < -0.39 is 9.84 Å². The van der Waals surface area contributed by atoms with E-state index in [-0.39, 0.29) is 16.7 Å². The maximum atomic E-state index is 11.3. The van der Waals surface area contributed by atoms with Gasteiger partial charge in [0.25, 0.3) is 0 Å². The SMILES string of the molecule is CS(=O)(=O)c1ccc(OCC2CO2)cc1N. The van der Waals surface area contributed by atoms with Gasteiger partial charge in [-0.2, -0.15) is 0 Å². The maximum Gasteiger partial charge on any atom is 0.177 e. The van der Waals surface area contributed by atoms with E-state index in [2.05, 4.69) is 0 Å². The van der Waals surface area contributed by atoms with E-state index in [9.17, 15) is 8.42 Å². The van der Waals surface area contributed by atoms with Crippen molar-refractivity contribution in [2.45, 2.75) is 11.0 Å². The summed E-state index contributed by atoms with van der Waals surface area (Å²) in [5.41, 5.74) is 5.84. The Labute approximate surface area is 94.1 Å². The van der Waals surface area contributed by atoms with Gasteiger partial charge in [-0.15, -0.1) is 0 Å². The molecule has 88 valence electrons. The number of nitrogen functional groups attached to an aromatic ring is 1. The van der Waals surface area contributed by atoms with Gasteiger partial charge < -0.3 is 15.2 Å². The molecule has 1 atom stereocenters. The number of hydrogen-bond donors (Lipinski definition) is 1. The summed E-state index contributed by atoms with van der Waals surface area (Å²) in [5.74, 6) is 0.556. The highest BCUT2D eigenvalue weighted by atomic mass is 32.2. The van der Waals surface area contributed by atoms with Gasteiger partial charge in [0.2, 0.25) is 0 Å². The van der Waals surface area contributed by atoms with E-state index >= 15 is 0 Å². The Bertz CT molecular complexity index is 494. The van der Waals surface area contributed by atoms with Crippen molar-refractivity contribution in [2.75, 3.05) is 25.2 Å². The normalized spacial score (nSPS) is 19.4. The molecule has 2 rings (SSSR count). The van der Waals surface area contributed by atoms with Crippen LogP contribution in [-0.2, 0) is 14.6 Å². The third kappa shape index (κ3) is 2.65. The van der Waals surface area contributed by atoms with Crippen molar-refractivity contribution in [1.82, 2.24) is 0 Å². The van der Waals surface area contributed by atoms with Crippen molar-refractivity contribution in [3.05, 3.63) is 18.2 Å². The first-order valence-corrected chi connectivity index (χ1v) is 6.70. The average Bonchev–Trinajstić information content (AvgIpc) is 2.96. The highest BCUT2D eigenvalue weighted by molar-refractivity contribution is 7.90. The lowest BCUT2D eigenvalue weighted by atomic mass is 10.3. The van der Waals surface area contributed by atoms with Gasteiger partial charge in [-0.3, -0.25) is 0 Å². The van der Waals surface area contributed by atoms with Gasteiger partial charge >= 0.3 is 0 Å². The fourth-order valence-electron chi connectivity index (χ4n) is 1.31. The molecule has 0 spiro atoms. The largest absolute Gasteiger partial charge is 0.491 e. The molecule has 1 aliphatic rings. The Hall–Kier alpha value is -1.27. The highest BCUT2D eigenvalue weighted by Gasteiger charge is 2.23. The van der Waals surface area contributed by atoms with E-state index in [0.29, 0.717) is 12.4 Å². The average molecular weight is 243 g/mol. The number of sulfone groups is 1. The van der Waals surface area contributed by atoms with Crippen LogP contribution in [0.15, 0.2) is 23.1 Å². The van der Waals surface area contributed by atoms with Crippen molar-refractivity contribution >= 4 is 15.5 Å². The van der Waals surface area contributed by atoms with E-state index in [0.717, 1.165) is 12.9 Å². The van der Waals surface area contributed by atoms with E-state index in [1.54, 1.807) is 6.07 Å². The second kappa shape index (κ2) is 3.95. The Morgan fingerprint density at radius 1 is 1.56 bits per heavy atom. The molecule has 1 aromatic carbocycles. The summed E-state index contributed by atoms with van der Waals surface area (Å²) in [6.07, 6.45) is 1.29. The number of nitrogens with two attached hydrogens (primary N) is 1. The topological polar surface area (TPSA) is 81.9 Å². The highest BCUT2D eigenvalue weighted by Crippen LogP contribution is 2.24. The van der Waals surface area contributed by atoms with E-state index in [1.165, 1.54) is 12.1 Å². The van der Waals surface area contributed by atoms with Crippen LogP contribution < -0.4 is 10.5 Å². The minimum Gasteiger partial charge on any atom is -0.491 e. The van der Waals surface area contributed by atoms with Crippen LogP contribution in [0.2, 0.25) is 0 Å². The smallest absolute Gasteiger partial charge is 0.177 e. The fraction of sp³-hybridized carbons (Fsp3) is 0.400. The lowest BCUT2D eigenvalue weighted by molar-refractivity contribution is 0.263. The van der Waals surface area contributed by atoms with Gasteiger partial charge in [-0.05, 0) is 12.1 Å². The second-order valence-electron chi connectivity index (χ2n) is 3.74. The van der Waals surface area contributed by atoms with Gasteiger partial charge in [-0.25, -0.2) is 8.42 Å². The second-order valence-corrected chi connectivity index (χ2v) is 5.72. The van der Waals surface area contributed by atoms with Crippen LogP contribution in [0.5, 0.6) is 5.75 Å². The minimum absolute atomic E-state index is 0.127. The summed E-state index contributed by atoms with van der Waals surface area (Å²) in [4.78, 5) is 0.127. The predicted molar refractivity (Wildman–Crippen MR) is 59.2 cm³/mol. The van der Waals surface area contributed by atoms with Gasteiger partial charge in [0.05, 0.1) is 17.2 Å². The molecule has 0 amide bonds. The summed E-state index contributed by atoms with van der Waals surface area (Å²) in [6.45, 7) is 1.19. The van der Waals surface area contributed by atoms with Gasteiger partial charge in [-0.1, -0.05) is 0 Å². The molecular weight excluding hydrogens is 230 g/mol. The number of ether oxygens (including phenoxy) is 2. The molecule has 1 unspecified atom stereocenters. The number of benzene rings is 1. The van der Waals surface area contributed by atoms with Crippen molar-refractivity contribution in [3.8, 4) is 5.75 Å². The molecule has 1 aromatic rings. The van der Waals surface area contributed by atoms with E-state index in [1.807, 2.05) is 0 Å². The number of rotatable bonds is 4. The van der Waals surface area contributed by atoms with Gasteiger partial charge in [0, 0.05) is 12.3 Å². The first kappa shape index (κ1) is 11.2. The summed E-state index contributed by atoms with van der Waals surface area (Å²) in [6, 6.07) is 4.56. The lowest BCUT2D eigenvalue weighted by Gasteiger charge is -2.07. The summed E-state index contributed by atoms with van der Waals surface area (Å²) >= 11 is 0. The Balaban J connectivity index is 2.15. The molecule has 2 N–H and O–H groups in total. The van der Waals surface area contributed by atoms with Crippen LogP contribution in [-0.4, -0.2) is 34.0 Å². The first-order chi connectivity index (χ1) is 7.47. The third-order valence-electron chi connectivity index (χ3n) is 2.22. The number of hydrogen-bond acceptors (Lipinski definition) is 5. The van der Waals surface area contributed by atoms with Crippen LogP contribution in [0.3, 0.4) is 0 Å². The molecule has 5 nitrogen and oxygen atoms in total. The fourth-order valence-corrected chi connectivity index (χ4v) is 2.11. The number of epoxide rings is 1. The van der Waals surface area contributed by atoms with Crippen molar-refractivity contribution in [2.24, 2.45) is 0 Å². The quantitative estimate of drug-likeness (QED) is 0.613. The molecule has 16 heavy (non-hydrogen) atoms. The molecule has 0 aliphatic carbocycles. The van der Waals surface area contributed by atoms with E-state index in [4.69, 9.17) is 15.2 Å². The molecule has 1 heterocycles. The molecular formula is C10H13NO4S. The zero-order valence-electron chi connectivity index (χ0n) is 8.84. The Morgan fingerprint density at radius 2 is 2.25 bits per heavy atom. The maximum absolute atomic E-state index is 11.3. The van der Waals surface area contributed by atoms with Crippen LogP contribution in [0.4, 0.5) is 5.69 Å². The lowest BCUT2D eigenvalue weighted by Crippen LogP contribution is -2.06. The zero-order valence-corrected chi connectivity index (χ0v) is 9.66. The molecule has 0 radical (unpaired) electrons. The first-order valence-electron chi connectivity index (χ1n) is 4.81. The van der Waals surface area contributed by atoms with Crippen LogP contribution >= 0.6 is 0 Å². The van der Waals surface area contributed by atoms with Crippen LogP contribution in [0, 0.1) is 0 Å². The third-order valence-corrected chi connectivity index (χ3v) is 3.39. The Kier molecular flexibility index (Phi) is 2.77. The standard InChI is InChI=1S/C10H13NO4S/c1-16(12,13)10-3-2-7(4-9(10)11)14-5-8-6-15-8/h2-4,8H,5-6,11H2,1H3. The molecule has 0 saturated carbocycles. The predicted octanol–water partition coefficient (Wildman–Crippen LogP) is 0.450. The van der Waals surface area contributed by atoms with Gasteiger partial charge in [0.1, 0.15) is 18.5 Å². The van der Waals surface area contributed by atoms with Crippen molar-refractivity contribution in [1.29, 1.82) is 0 Å². The van der Waals surface area contributed by atoms with Crippen molar-refractivity contribution in [3.63, 3.8) is 0 Å². The molecule has 0 bridgehead atoms. The zero-order chi connectivity index (χ0) is 11.8. The molecule has 1 saturated heterocycles. The van der Waals surface area contributed by atoms with Crippen LogP contribution in [0.1, 0.15) is 0 Å². The monoisotopic (exact) mass is 243 g/mol. The summed E-state index contributed by atoms with van der Waals surface area (Å²) < 4.78 is 33.0. The molecule has 0 aromatic heterocycles. The summed E-state index contributed by atoms with van der Waals surface area (Å²) in [7, 11) is -3.27. The Morgan fingerprint density at radius 3 is 2.75 bits per heavy atom. The van der Waals surface area contributed by atoms with Crippen LogP contribution in [0.25, 0.3) is 0 Å². The van der Waals surface area contributed by atoms with Crippen molar-refractivity contribution < 1.29 is 17.9 Å². The number of anilines is 1. The van der Waals surface area contributed by atoms with Gasteiger partial charge in [0.15, 0.2) is 9.84 Å². The summed E-state index contributed by atoms with van der Waals surface area (Å²) in [5, 5.41) is 0. The molecule has 1 aliphatic heterocycles.